The number of hydrogen-bond donors (Lipinski definition) is 0. The van der Waals surface area contributed by atoms with Crippen LogP contribution < -0.4 is 0 Å². The molecule has 0 bridgehead atoms. The standard InChI is InChI=1S/C12H15N/c1-4-12(3)9(2)13-11-8-6-5-7-10(11)12/h5-8H,4H2,1-3H3/t12-/m0/s1. The lowest BCUT2D eigenvalue weighted by Crippen LogP contribution is -2.26. The Bertz CT molecular complexity index is 365. The SMILES string of the molecule is CC[C@@]1(C)C(C)=Nc2ccccc21. The molecule has 1 heterocycles. The fraction of sp³-hybridized carbons (Fsp3) is 0.417. The van der Waals surface area contributed by atoms with Gasteiger partial charge in [-0.05, 0) is 25.0 Å². The lowest BCUT2D eigenvalue weighted by molar-refractivity contribution is 0.624. The minimum absolute atomic E-state index is 0.177. The van der Waals surface area contributed by atoms with E-state index in [0.717, 1.165) is 12.1 Å². The summed E-state index contributed by atoms with van der Waals surface area (Å²) in [6.07, 6.45) is 1.12. The zero-order valence-corrected chi connectivity index (χ0v) is 8.46. The molecule has 1 aliphatic rings. The third kappa shape index (κ3) is 1.03. The van der Waals surface area contributed by atoms with Crippen LogP contribution in [0.1, 0.15) is 32.8 Å². The first-order valence-electron chi connectivity index (χ1n) is 4.84. The molecule has 1 nitrogen and oxygen atoms in total. The van der Waals surface area contributed by atoms with Crippen LogP contribution in [0.3, 0.4) is 0 Å². The largest absolute Gasteiger partial charge is 0.257 e. The highest BCUT2D eigenvalue weighted by Gasteiger charge is 2.34. The van der Waals surface area contributed by atoms with Crippen LogP contribution in [0.15, 0.2) is 29.3 Å². The molecule has 13 heavy (non-hydrogen) atoms. The minimum Gasteiger partial charge on any atom is -0.257 e. The van der Waals surface area contributed by atoms with Gasteiger partial charge in [-0.15, -0.1) is 0 Å². The summed E-state index contributed by atoms with van der Waals surface area (Å²) in [6, 6.07) is 8.44. The molecule has 2 rings (SSSR count). The Morgan fingerprint density at radius 1 is 1.31 bits per heavy atom. The predicted octanol–water partition coefficient (Wildman–Crippen LogP) is 3.46. The molecular formula is C12H15N. The van der Waals surface area contributed by atoms with Gasteiger partial charge in [-0.3, -0.25) is 4.99 Å². The van der Waals surface area contributed by atoms with E-state index in [-0.39, 0.29) is 5.41 Å². The molecule has 0 saturated heterocycles. The molecule has 0 aliphatic carbocycles. The van der Waals surface area contributed by atoms with Crippen molar-refractivity contribution >= 4 is 11.4 Å². The predicted molar refractivity (Wildman–Crippen MR) is 56.9 cm³/mol. The van der Waals surface area contributed by atoms with E-state index in [1.807, 2.05) is 0 Å². The van der Waals surface area contributed by atoms with Crippen molar-refractivity contribution < 1.29 is 0 Å². The Labute approximate surface area is 79.5 Å². The van der Waals surface area contributed by atoms with Gasteiger partial charge >= 0.3 is 0 Å². The summed E-state index contributed by atoms with van der Waals surface area (Å²) in [5, 5.41) is 0. The topological polar surface area (TPSA) is 12.4 Å². The average molecular weight is 173 g/mol. The monoisotopic (exact) mass is 173 g/mol. The van der Waals surface area contributed by atoms with Crippen LogP contribution in [0.5, 0.6) is 0 Å². The van der Waals surface area contributed by atoms with Gasteiger partial charge in [-0.25, -0.2) is 0 Å². The van der Waals surface area contributed by atoms with E-state index >= 15 is 0 Å². The maximum atomic E-state index is 4.59. The number of nitrogens with zero attached hydrogens (tertiary/aromatic N) is 1. The molecule has 1 atom stereocenters. The van der Waals surface area contributed by atoms with Gasteiger partial charge in [-0.2, -0.15) is 0 Å². The third-order valence-electron chi connectivity index (χ3n) is 3.29. The molecule has 0 saturated carbocycles. The molecule has 0 spiro atoms. The number of para-hydroxylation sites is 1. The molecular weight excluding hydrogens is 158 g/mol. The van der Waals surface area contributed by atoms with Crippen molar-refractivity contribution in [3.63, 3.8) is 0 Å². The van der Waals surface area contributed by atoms with Gasteiger partial charge in [0.15, 0.2) is 0 Å². The van der Waals surface area contributed by atoms with E-state index in [9.17, 15) is 0 Å². The highest BCUT2D eigenvalue weighted by Crippen LogP contribution is 2.41. The molecule has 0 fully saturated rings. The summed E-state index contributed by atoms with van der Waals surface area (Å²) in [4.78, 5) is 4.59. The van der Waals surface area contributed by atoms with Gasteiger partial charge in [0, 0.05) is 11.1 Å². The highest BCUT2D eigenvalue weighted by atomic mass is 14.8. The van der Waals surface area contributed by atoms with Gasteiger partial charge in [-0.1, -0.05) is 32.0 Å². The van der Waals surface area contributed by atoms with Crippen LogP contribution in [0.4, 0.5) is 5.69 Å². The van der Waals surface area contributed by atoms with Crippen LogP contribution in [0, 0.1) is 0 Å². The fourth-order valence-corrected chi connectivity index (χ4v) is 1.98. The molecule has 0 N–H and O–H groups in total. The Kier molecular flexibility index (Phi) is 1.76. The molecule has 0 radical (unpaired) electrons. The van der Waals surface area contributed by atoms with Crippen molar-refractivity contribution in [2.75, 3.05) is 0 Å². The maximum Gasteiger partial charge on any atom is 0.0670 e. The zero-order chi connectivity index (χ0) is 9.47. The maximum absolute atomic E-state index is 4.59. The Balaban J connectivity index is 2.61. The van der Waals surface area contributed by atoms with E-state index in [0.29, 0.717) is 0 Å². The van der Waals surface area contributed by atoms with Crippen molar-refractivity contribution in [2.24, 2.45) is 4.99 Å². The van der Waals surface area contributed by atoms with Gasteiger partial charge in [0.2, 0.25) is 0 Å². The quantitative estimate of drug-likeness (QED) is 0.616. The van der Waals surface area contributed by atoms with Gasteiger partial charge in [0.25, 0.3) is 0 Å². The van der Waals surface area contributed by atoms with E-state index in [4.69, 9.17) is 0 Å². The van der Waals surface area contributed by atoms with Crippen LogP contribution in [0.25, 0.3) is 0 Å². The smallest absolute Gasteiger partial charge is 0.0670 e. The van der Waals surface area contributed by atoms with Crippen molar-refractivity contribution in [3.8, 4) is 0 Å². The zero-order valence-electron chi connectivity index (χ0n) is 8.46. The van der Waals surface area contributed by atoms with Gasteiger partial charge in [0.1, 0.15) is 0 Å². The number of aliphatic imine (C=N–C) groups is 1. The summed E-state index contributed by atoms with van der Waals surface area (Å²) in [5.41, 5.74) is 3.96. The first-order valence-corrected chi connectivity index (χ1v) is 4.84. The first-order chi connectivity index (χ1) is 6.18. The summed E-state index contributed by atoms with van der Waals surface area (Å²) in [7, 11) is 0. The molecule has 68 valence electrons. The second kappa shape index (κ2) is 2.69. The summed E-state index contributed by atoms with van der Waals surface area (Å²) in [6.45, 7) is 6.63. The van der Waals surface area contributed by atoms with Crippen molar-refractivity contribution in [1.29, 1.82) is 0 Å². The molecule has 1 aliphatic heterocycles. The number of fused-ring (bicyclic) bond motifs is 1. The molecule has 1 aromatic carbocycles. The van der Waals surface area contributed by atoms with Gasteiger partial charge < -0.3 is 0 Å². The van der Waals surface area contributed by atoms with Crippen LogP contribution in [0.2, 0.25) is 0 Å². The molecule has 1 aromatic rings. The molecule has 1 heteroatoms. The Morgan fingerprint density at radius 3 is 2.69 bits per heavy atom. The van der Waals surface area contributed by atoms with E-state index in [1.54, 1.807) is 0 Å². The van der Waals surface area contributed by atoms with E-state index in [1.165, 1.54) is 11.3 Å². The third-order valence-corrected chi connectivity index (χ3v) is 3.29. The molecule has 0 unspecified atom stereocenters. The van der Waals surface area contributed by atoms with Crippen molar-refractivity contribution in [2.45, 2.75) is 32.6 Å². The lowest BCUT2D eigenvalue weighted by atomic mass is 9.78. The van der Waals surface area contributed by atoms with Crippen LogP contribution in [-0.2, 0) is 5.41 Å². The van der Waals surface area contributed by atoms with E-state index < -0.39 is 0 Å². The number of rotatable bonds is 1. The minimum atomic E-state index is 0.177. The van der Waals surface area contributed by atoms with Crippen LogP contribution >= 0.6 is 0 Å². The Morgan fingerprint density at radius 2 is 2.00 bits per heavy atom. The van der Waals surface area contributed by atoms with Gasteiger partial charge in [0.05, 0.1) is 5.69 Å². The first kappa shape index (κ1) is 8.49. The highest BCUT2D eigenvalue weighted by molar-refractivity contribution is 5.99. The summed E-state index contributed by atoms with van der Waals surface area (Å²) >= 11 is 0. The van der Waals surface area contributed by atoms with Crippen molar-refractivity contribution in [3.05, 3.63) is 29.8 Å². The molecule has 0 amide bonds. The fourth-order valence-electron chi connectivity index (χ4n) is 1.98. The molecule has 0 aromatic heterocycles. The number of benzene rings is 1. The average Bonchev–Trinajstić information content (AvgIpc) is 2.41. The second-order valence-electron chi connectivity index (χ2n) is 3.90. The Hall–Kier alpha value is -1.11. The lowest BCUT2D eigenvalue weighted by Gasteiger charge is -2.23. The number of hydrogen-bond acceptors (Lipinski definition) is 1. The summed E-state index contributed by atoms with van der Waals surface area (Å²) < 4.78 is 0. The van der Waals surface area contributed by atoms with Crippen molar-refractivity contribution in [1.82, 2.24) is 0 Å². The summed E-state index contributed by atoms with van der Waals surface area (Å²) in [5.74, 6) is 0. The van der Waals surface area contributed by atoms with Crippen LogP contribution in [-0.4, -0.2) is 5.71 Å². The second-order valence-corrected chi connectivity index (χ2v) is 3.90. The normalized spacial score (nSPS) is 25.6. The van der Waals surface area contributed by atoms with E-state index in [2.05, 4.69) is 50.0 Å².